The molecule has 0 bridgehead atoms. The number of aryl methyl sites for hydroxylation is 1. The van der Waals surface area contributed by atoms with Crippen molar-refractivity contribution in [2.75, 3.05) is 11.9 Å². The fourth-order valence-corrected chi connectivity index (χ4v) is 4.43. The van der Waals surface area contributed by atoms with Gasteiger partial charge in [0.2, 0.25) is 0 Å². The van der Waals surface area contributed by atoms with Gasteiger partial charge in [0.05, 0.1) is 21.7 Å². The zero-order valence-corrected chi connectivity index (χ0v) is 18.9. The Morgan fingerprint density at radius 1 is 1.18 bits per heavy atom. The minimum atomic E-state index is -4.34. The topological polar surface area (TPSA) is 79.6 Å². The van der Waals surface area contributed by atoms with E-state index in [2.05, 4.69) is 38.4 Å². The molecule has 2 aromatic heterocycles. The molecule has 0 aliphatic heterocycles. The van der Waals surface area contributed by atoms with Crippen LogP contribution in [-0.2, 0) is 12.6 Å². The Hall–Kier alpha value is -3.35. The van der Waals surface area contributed by atoms with Gasteiger partial charge in [-0.25, -0.2) is 4.98 Å². The number of aromatic nitrogens is 3. The van der Waals surface area contributed by atoms with Gasteiger partial charge in [-0.05, 0) is 61.6 Å². The van der Waals surface area contributed by atoms with Crippen LogP contribution < -0.4 is 11.1 Å². The molecule has 0 fully saturated rings. The molecule has 0 aliphatic rings. The maximum absolute atomic E-state index is 12.7. The summed E-state index contributed by atoms with van der Waals surface area (Å²) < 4.78 is 38.2. The lowest BCUT2D eigenvalue weighted by atomic mass is 10.0. The number of alkyl halides is 3. The number of halogens is 3. The maximum Gasteiger partial charge on any atom is 0.416 e. The van der Waals surface area contributed by atoms with Crippen molar-refractivity contribution in [3.05, 3.63) is 65.0 Å². The lowest BCUT2D eigenvalue weighted by Crippen LogP contribution is -2.31. The van der Waals surface area contributed by atoms with Crippen molar-refractivity contribution in [2.24, 2.45) is 5.73 Å². The standard InChI is InChI=1S/C24H22F3N5S/c1-3-4-21-22(16-7-10-20-19(12-16)14(2)31-32-20)33-23(30-21)29-13-18(28)11-15-5-8-17(9-6-15)24(25,26)27/h5-10,12,18H,11,13,28H2,1-2H3,(H,29,30)(H,31,32). The van der Waals surface area contributed by atoms with Crippen LogP contribution in [0.15, 0.2) is 42.5 Å². The number of nitrogens with zero attached hydrogens (tertiary/aromatic N) is 2. The summed E-state index contributed by atoms with van der Waals surface area (Å²) in [6, 6.07) is 10.9. The predicted molar refractivity (Wildman–Crippen MR) is 126 cm³/mol. The van der Waals surface area contributed by atoms with Gasteiger partial charge in [0.1, 0.15) is 5.69 Å². The lowest BCUT2D eigenvalue weighted by molar-refractivity contribution is -0.137. The second-order valence-electron chi connectivity index (χ2n) is 7.68. The first-order chi connectivity index (χ1) is 15.7. The fourth-order valence-electron chi connectivity index (χ4n) is 3.50. The number of fused-ring (bicyclic) bond motifs is 1. The quantitative estimate of drug-likeness (QED) is 0.332. The first-order valence-electron chi connectivity index (χ1n) is 10.3. The molecule has 0 spiro atoms. The van der Waals surface area contributed by atoms with Crippen LogP contribution in [0.5, 0.6) is 0 Å². The molecular weight excluding hydrogens is 447 g/mol. The first kappa shape index (κ1) is 22.8. The van der Waals surface area contributed by atoms with Gasteiger partial charge in [0.15, 0.2) is 5.13 Å². The molecule has 170 valence electrons. The predicted octanol–water partition coefficient (Wildman–Crippen LogP) is 5.37. The molecular formula is C24H22F3N5S. The highest BCUT2D eigenvalue weighted by atomic mass is 32.1. The van der Waals surface area contributed by atoms with E-state index >= 15 is 0 Å². The number of aromatic amines is 1. The third kappa shape index (κ3) is 5.18. The smallest absolute Gasteiger partial charge is 0.360 e. The molecule has 2 aromatic carbocycles. The number of hydrogen-bond acceptors (Lipinski definition) is 5. The van der Waals surface area contributed by atoms with Crippen LogP contribution in [0.25, 0.3) is 21.3 Å². The molecule has 1 unspecified atom stereocenters. The molecule has 5 nitrogen and oxygen atoms in total. The summed E-state index contributed by atoms with van der Waals surface area (Å²) in [5.41, 5.74) is 9.87. The van der Waals surface area contributed by atoms with Crippen molar-refractivity contribution < 1.29 is 13.2 Å². The number of benzene rings is 2. The van der Waals surface area contributed by atoms with Crippen molar-refractivity contribution in [1.82, 2.24) is 15.2 Å². The largest absolute Gasteiger partial charge is 0.416 e. The normalized spacial score (nSPS) is 12.4. The summed E-state index contributed by atoms with van der Waals surface area (Å²) in [4.78, 5) is 5.56. The van der Waals surface area contributed by atoms with Gasteiger partial charge in [-0.1, -0.05) is 35.5 Å². The van der Waals surface area contributed by atoms with Gasteiger partial charge in [0.25, 0.3) is 0 Å². The Morgan fingerprint density at radius 3 is 2.64 bits per heavy atom. The average Bonchev–Trinajstić information content (AvgIpc) is 3.35. The number of hydrogen-bond donors (Lipinski definition) is 3. The summed E-state index contributed by atoms with van der Waals surface area (Å²) in [5, 5.41) is 12.2. The van der Waals surface area contributed by atoms with Crippen LogP contribution in [0.1, 0.15) is 29.4 Å². The third-order valence-electron chi connectivity index (χ3n) is 5.18. The Labute approximate surface area is 193 Å². The van der Waals surface area contributed by atoms with E-state index < -0.39 is 11.7 Å². The van der Waals surface area contributed by atoms with Gasteiger partial charge in [-0.2, -0.15) is 18.3 Å². The third-order valence-corrected chi connectivity index (χ3v) is 6.24. The zero-order chi connectivity index (χ0) is 23.6. The van der Waals surface area contributed by atoms with E-state index in [9.17, 15) is 13.2 Å². The fraction of sp³-hybridized carbons (Fsp3) is 0.250. The van der Waals surface area contributed by atoms with Crippen LogP contribution in [0.3, 0.4) is 0 Å². The second kappa shape index (κ2) is 9.25. The Morgan fingerprint density at radius 2 is 1.94 bits per heavy atom. The number of nitrogens with one attached hydrogen (secondary N) is 2. The number of nitrogens with two attached hydrogens (primary N) is 1. The van der Waals surface area contributed by atoms with Crippen LogP contribution in [0, 0.1) is 18.8 Å². The first-order valence-corrected chi connectivity index (χ1v) is 11.1. The van der Waals surface area contributed by atoms with Crippen molar-refractivity contribution in [3.63, 3.8) is 0 Å². The molecule has 2 heterocycles. The number of rotatable bonds is 6. The van der Waals surface area contributed by atoms with Crippen molar-refractivity contribution in [2.45, 2.75) is 32.5 Å². The molecule has 0 aliphatic carbocycles. The number of H-pyrrole nitrogens is 1. The molecule has 0 radical (unpaired) electrons. The lowest BCUT2D eigenvalue weighted by Gasteiger charge is -2.13. The molecule has 0 saturated heterocycles. The van der Waals surface area contributed by atoms with Crippen molar-refractivity contribution in [3.8, 4) is 22.3 Å². The minimum absolute atomic E-state index is 0.292. The van der Waals surface area contributed by atoms with E-state index in [0.717, 1.165) is 44.7 Å². The van der Waals surface area contributed by atoms with Gasteiger partial charge in [-0.15, -0.1) is 0 Å². The molecule has 4 aromatic rings. The summed E-state index contributed by atoms with van der Waals surface area (Å²) in [6.07, 6.45) is -3.90. The Bertz CT molecular complexity index is 1330. The number of thiazole rings is 1. The van der Waals surface area contributed by atoms with Gasteiger partial charge < -0.3 is 11.1 Å². The molecule has 33 heavy (non-hydrogen) atoms. The average molecular weight is 470 g/mol. The van der Waals surface area contributed by atoms with Crippen molar-refractivity contribution >= 4 is 27.4 Å². The minimum Gasteiger partial charge on any atom is -0.360 e. The molecule has 1 atom stereocenters. The molecule has 0 saturated carbocycles. The molecule has 4 rings (SSSR count). The molecule has 4 N–H and O–H groups in total. The van der Waals surface area contributed by atoms with Gasteiger partial charge in [-0.3, -0.25) is 5.10 Å². The summed E-state index contributed by atoms with van der Waals surface area (Å²) in [5.74, 6) is 5.97. The summed E-state index contributed by atoms with van der Waals surface area (Å²) in [7, 11) is 0. The monoisotopic (exact) mass is 469 g/mol. The van der Waals surface area contributed by atoms with Crippen LogP contribution in [0.2, 0.25) is 0 Å². The van der Waals surface area contributed by atoms with E-state index in [0.29, 0.717) is 23.8 Å². The molecule has 9 heteroatoms. The van der Waals surface area contributed by atoms with E-state index in [1.54, 1.807) is 6.92 Å². The highest BCUT2D eigenvalue weighted by molar-refractivity contribution is 7.19. The highest BCUT2D eigenvalue weighted by Gasteiger charge is 2.30. The van der Waals surface area contributed by atoms with E-state index in [-0.39, 0.29) is 6.04 Å². The van der Waals surface area contributed by atoms with Gasteiger partial charge in [0, 0.05) is 18.0 Å². The Kier molecular flexibility index (Phi) is 6.40. The van der Waals surface area contributed by atoms with Crippen LogP contribution in [-0.4, -0.2) is 27.8 Å². The summed E-state index contributed by atoms with van der Waals surface area (Å²) in [6.45, 7) is 4.14. The van der Waals surface area contributed by atoms with Gasteiger partial charge >= 0.3 is 6.18 Å². The Balaban J connectivity index is 1.47. The maximum atomic E-state index is 12.7. The van der Waals surface area contributed by atoms with E-state index in [1.807, 2.05) is 19.1 Å². The SMILES string of the molecule is CC#Cc1nc(NCC(N)Cc2ccc(C(F)(F)F)cc2)sc1-c1ccc2[nH]nc(C)c2c1. The highest BCUT2D eigenvalue weighted by Crippen LogP contribution is 2.35. The van der Waals surface area contributed by atoms with E-state index in [4.69, 9.17) is 5.73 Å². The number of anilines is 1. The van der Waals surface area contributed by atoms with Crippen LogP contribution >= 0.6 is 11.3 Å². The zero-order valence-electron chi connectivity index (χ0n) is 18.0. The van der Waals surface area contributed by atoms with E-state index in [1.165, 1.54) is 23.5 Å². The second-order valence-corrected chi connectivity index (χ2v) is 8.68. The van der Waals surface area contributed by atoms with Crippen LogP contribution in [0.4, 0.5) is 18.3 Å². The van der Waals surface area contributed by atoms with Crippen molar-refractivity contribution in [1.29, 1.82) is 0 Å². The summed E-state index contributed by atoms with van der Waals surface area (Å²) >= 11 is 1.49. The molecule has 0 amide bonds.